The number of halogens is 1. The first-order chi connectivity index (χ1) is 9.72. The van der Waals surface area contributed by atoms with Crippen molar-refractivity contribution in [3.63, 3.8) is 0 Å². The van der Waals surface area contributed by atoms with Gasteiger partial charge in [-0.2, -0.15) is 0 Å². The van der Waals surface area contributed by atoms with Crippen molar-refractivity contribution in [1.82, 2.24) is 15.6 Å². The molecule has 0 bridgehead atoms. The highest BCUT2D eigenvalue weighted by atomic mass is 127. The van der Waals surface area contributed by atoms with Crippen molar-refractivity contribution in [3.05, 3.63) is 30.1 Å². The van der Waals surface area contributed by atoms with Crippen LogP contribution in [0.1, 0.15) is 32.9 Å². The van der Waals surface area contributed by atoms with E-state index in [9.17, 15) is 0 Å². The smallest absolute Gasteiger partial charge is 0.191 e. The number of pyridine rings is 1. The third kappa shape index (κ3) is 10.5. The lowest BCUT2D eigenvalue weighted by Gasteiger charge is -2.12. The molecular formula is C15H27IN4O. The highest BCUT2D eigenvalue weighted by molar-refractivity contribution is 14.0. The maximum atomic E-state index is 5.50. The zero-order valence-electron chi connectivity index (χ0n) is 13.1. The van der Waals surface area contributed by atoms with Crippen molar-refractivity contribution in [2.45, 2.75) is 39.8 Å². The van der Waals surface area contributed by atoms with Gasteiger partial charge in [0.15, 0.2) is 5.96 Å². The Bertz CT molecular complexity index is 385. The molecule has 120 valence electrons. The second kappa shape index (κ2) is 12.8. The summed E-state index contributed by atoms with van der Waals surface area (Å²) in [4.78, 5) is 8.76. The predicted molar refractivity (Wildman–Crippen MR) is 98.2 cm³/mol. The molecule has 1 aromatic heterocycles. The van der Waals surface area contributed by atoms with Crippen LogP contribution in [0.15, 0.2) is 29.4 Å². The second-order valence-electron chi connectivity index (χ2n) is 4.72. The summed E-state index contributed by atoms with van der Waals surface area (Å²) < 4.78 is 5.50. The molecule has 0 spiro atoms. The standard InChI is InChI=1S/C15H26N4O.HI/c1-4-16-15(18-10-7-11-20-13(2)3)19-12-14-8-5-6-9-17-14;/h5-6,8-9,13H,4,7,10-12H2,1-3H3,(H2,16,18,19);1H. The van der Waals surface area contributed by atoms with Crippen molar-refractivity contribution >= 4 is 29.9 Å². The van der Waals surface area contributed by atoms with Crippen LogP contribution in [-0.2, 0) is 11.3 Å². The van der Waals surface area contributed by atoms with Gasteiger partial charge in [-0.1, -0.05) is 6.07 Å². The van der Waals surface area contributed by atoms with Crippen molar-refractivity contribution in [1.29, 1.82) is 0 Å². The summed E-state index contributed by atoms with van der Waals surface area (Å²) in [7, 11) is 0. The molecule has 0 aromatic carbocycles. The summed E-state index contributed by atoms with van der Waals surface area (Å²) in [6, 6.07) is 5.86. The first-order valence-corrected chi connectivity index (χ1v) is 7.26. The summed E-state index contributed by atoms with van der Waals surface area (Å²) >= 11 is 0. The van der Waals surface area contributed by atoms with Gasteiger partial charge in [0.25, 0.3) is 0 Å². The maximum Gasteiger partial charge on any atom is 0.191 e. The number of guanidine groups is 1. The molecule has 1 aromatic rings. The molecular weight excluding hydrogens is 379 g/mol. The molecule has 0 unspecified atom stereocenters. The number of hydrogen-bond donors (Lipinski definition) is 2. The van der Waals surface area contributed by atoms with Gasteiger partial charge in [-0.3, -0.25) is 4.98 Å². The van der Waals surface area contributed by atoms with Crippen LogP contribution in [0.3, 0.4) is 0 Å². The molecule has 0 fully saturated rings. The van der Waals surface area contributed by atoms with E-state index in [1.165, 1.54) is 0 Å². The van der Waals surface area contributed by atoms with E-state index in [2.05, 4.69) is 27.5 Å². The fraction of sp³-hybridized carbons (Fsp3) is 0.600. The van der Waals surface area contributed by atoms with Crippen LogP contribution in [0.5, 0.6) is 0 Å². The minimum atomic E-state index is 0. The van der Waals surface area contributed by atoms with Gasteiger partial charge in [0.05, 0.1) is 18.3 Å². The van der Waals surface area contributed by atoms with Crippen LogP contribution in [-0.4, -0.2) is 36.7 Å². The third-order valence-electron chi connectivity index (χ3n) is 2.53. The van der Waals surface area contributed by atoms with Crippen molar-refractivity contribution in [2.75, 3.05) is 19.7 Å². The highest BCUT2D eigenvalue weighted by Gasteiger charge is 1.98. The molecule has 0 aliphatic carbocycles. The molecule has 1 heterocycles. The third-order valence-corrected chi connectivity index (χ3v) is 2.53. The molecule has 0 atom stereocenters. The Hall–Kier alpha value is -0.890. The van der Waals surface area contributed by atoms with Crippen LogP contribution in [0, 0.1) is 0 Å². The quantitative estimate of drug-likeness (QED) is 0.302. The molecule has 1 rings (SSSR count). The monoisotopic (exact) mass is 406 g/mol. The number of ether oxygens (including phenoxy) is 1. The lowest BCUT2D eigenvalue weighted by Crippen LogP contribution is -2.38. The van der Waals surface area contributed by atoms with Crippen molar-refractivity contribution in [2.24, 2.45) is 4.99 Å². The zero-order chi connectivity index (χ0) is 14.6. The molecule has 0 saturated carbocycles. The summed E-state index contributed by atoms with van der Waals surface area (Å²) in [5.74, 6) is 0.822. The van der Waals surface area contributed by atoms with Gasteiger partial charge in [0.2, 0.25) is 0 Å². The van der Waals surface area contributed by atoms with Gasteiger partial charge in [0.1, 0.15) is 0 Å². The summed E-state index contributed by atoms with van der Waals surface area (Å²) in [5, 5.41) is 6.52. The molecule has 0 aliphatic heterocycles. The van der Waals surface area contributed by atoms with E-state index < -0.39 is 0 Å². The molecule has 0 amide bonds. The fourth-order valence-electron chi connectivity index (χ4n) is 1.59. The van der Waals surface area contributed by atoms with Gasteiger partial charge in [-0.05, 0) is 39.3 Å². The van der Waals surface area contributed by atoms with Crippen LogP contribution < -0.4 is 10.6 Å². The molecule has 5 nitrogen and oxygen atoms in total. The Labute approximate surface area is 145 Å². The minimum absolute atomic E-state index is 0. The predicted octanol–water partition coefficient (Wildman–Crippen LogP) is 2.57. The maximum absolute atomic E-state index is 5.50. The van der Waals surface area contributed by atoms with Gasteiger partial charge in [0, 0.05) is 25.9 Å². The van der Waals surface area contributed by atoms with Gasteiger partial charge in [-0.25, -0.2) is 4.99 Å². The number of hydrogen-bond acceptors (Lipinski definition) is 3. The normalized spacial score (nSPS) is 11.1. The Kier molecular flexibility index (Phi) is 12.3. The van der Waals surface area contributed by atoms with Gasteiger partial charge in [-0.15, -0.1) is 24.0 Å². The minimum Gasteiger partial charge on any atom is -0.379 e. The van der Waals surface area contributed by atoms with Gasteiger partial charge >= 0.3 is 0 Å². The number of rotatable bonds is 8. The number of aliphatic imine (C=N–C) groups is 1. The zero-order valence-corrected chi connectivity index (χ0v) is 15.5. The van der Waals surface area contributed by atoms with E-state index in [4.69, 9.17) is 4.74 Å². The highest BCUT2D eigenvalue weighted by Crippen LogP contribution is 1.95. The van der Waals surface area contributed by atoms with Gasteiger partial charge < -0.3 is 15.4 Å². The van der Waals surface area contributed by atoms with Crippen LogP contribution in [0.2, 0.25) is 0 Å². The molecule has 2 N–H and O–H groups in total. The van der Waals surface area contributed by atoms with Crippen molar-refractivity contribution < 1.29 is 4.74 Å². The van der Waals surface area contributed by atoms with E-state index in [1.807, 2.05) is 32.0 Å². The first-order valence-electron chi connectivity index (χ1n) is 7.26. The Morgan fingerprint density at radius 1 is 1.33 bits per heavy atom. The van der Waals surface area contributed by atoms with E-state index >= 15 is 0 Å². The molecule has 0 aliphatic rings. The fourth-order valence-corrected chi connectivity index (χ4v) is 1.59. The number of nitrogens with zero attached hydrogens (tertiary/aromatic N) is 2. The van der Waals surface area contributed by atoms with E-state index in [0.717, 1.165) is 37.8 Å². The number of nitrogens with one attached hydrogen (secondary N) is 2. The Balaban J connectivity index is 0.00000400. The summed E-state index contributed by atoms with van der Waals surface area (Å²) in [6.45, 7) is 9.19. The molecule has 6 heteroatoms. The summed E-state index contributed by atoms with van der Waals surface area (Å²) in [6.07, 6.45) is 3.04. The Morgan fingerprint density at radius 2 is 2.14 bits per heavy atom. The average Bonchev–Trinajstić information content (AvgIpc) is 2.45. The first kappa shape index (κ1) is 20.1. The molecule has 21 heavy (non-hydrogen) atoms. The van der Waals surface area contributed by atoms with E-state index in [1.54, 1.807) is 6.20 Å². The largest absolute Gasteiger partial charge is 0.379 e. The van der Waals surface area contributed by atoms with Crippen LogP contribution in [0.25, 0.3) is 0 Å². The topological polar surface area (TPSA) is 58.5 Å². The van der Waals surface area contributed by atoms with Crippen LogP contribution in [0.4, 0.5) is 0 Å². The molecule has 0 radical (unpaired) electrons. The van der Waals surface area contributed by atoms with Crippen LogP contribution >= 0.6 is 24.0 Å². The SMILES string of the molecule is CCNC(=NCc1ccccn1)NCCCOC(C)C.I. The second-order valence-corrected chi connectivity index (χ2v) is 4.72. The molecule has 0 saturated heterocycles. The van der Waals surface area contributed by atoms with Crippen molar-refractivity contribution in [3.8, 4) is 0 Å². The number of aromatic nitrogens is 1. The van der Waals surface area contributed by atoms with E-state index in [-0.39, 0.29) is 24.0 Å². The lowest BCUT2D eigenvalue weighted by molar-refractivity contribution is 0.0776. The average molecular weight is 406 g/mol. The van der Waals surface area contributed by atoms with E-state index in [0.29, 0.717) is 12.6 Å². The summed E-state index contributed by atoms with van der Waals surface area (Å²) in [5.41, 5.74) is 0.966. The lowest BCUT2D eigenvalue weighted by atomic mass is 10.3. The Morgan fingerprint density at radius 3 is 2.76 bits per heavy atom.